The highest BCUT2D eigenvalue weighted by Crippen LogP contribution is 2.40. The summed E-state index contributed by atoms with van der Waals surface area (Å²) in [6, 6.07) is 14.7. The molecule has 9 nitrogen and oxygen atoms in total. The number of carbonyl (C=O) groups is 1. The maximum Gasteiger partial charge on any atom is 0.351 e. The van der Waals surface area contributed by atoms with Crippen molar-refractivity contribution in [3.05, 3.63) is 80.2 Å². The second-order valence-electron chi connectivity index (χ2n) is 9.23. The van der Waals surface area contributed by atoms with Gasteiger partial charge in [-0.05, 0) is 43.7 Å². The summed E-state index contributed by atoms with van der Waals surface area (Å²) >= 11 is 1.14. The molecule has 0 aliphatic carbocycles. The van der Waals surface area contributed by atoms with Gasteiger partial charge in [-0.15, -0.1) is 11.3 Å². The molecule has 2 heterocycles. The molecule has 1 saturated heterocycles. The van der Waals surface area contributed by atoms with Crippen LogP contribution in [0.4, 0.5) is 16.4 Å². The standard InChI is InChI=1S/C27H32N4O5S/c1-18-7-5-6-8-21(18)19(2)36-24-16-25(37-26(24)27(32)35-4)28-22-15-20(9-10-23(22)31(33)34)17-30-13-11-29(3)12-14-30/h5-10,15-16,19,28H,11-14,17H2,1-4H3/t19-/m1/s1. The van der Waals surface area contributed by atoms with Crippen LogP contribution in [-0.2, 0) is 11.3 Å². The van der Waals surface area contributed by atoms with E-state index in [1.807, 2.05) is 44.2 Å². The van der Waals surface area contributed by atoms with Crippen molar-refractivity contribution in [2.75, 3.05) is 45.7 Å². The Kier molecular flexibility index (Phi) is 8.42. The predicted octanol–water partition coefficient (Wildman–Crippen LogP) is 5.38. The summed E-state index contributed by atoms with van der Waals surface area (Å²) < 4.78 is 11.2. The molecule has 0 amide bonds. The highest BCUT2D eigenvalue weighted by Gasteiger charge is 2.23. The average Bonchev–Trinajstić information content (AvgIpc) is 3.27. The van der Waals surface area contributed by atoms with E-state index in [4.69, 9.17) is 9.47 Å². The van der Waals surface area contributed by atoms with Crippen LogP contribution in [0.5, 0.6) is 5.75 Å². The van der Waals surface area contributed by atoms with Gasteiger partial charge in [0.1, 0.15) is 17.5 Å². The van der Waals surface area contributed by atoms with Crippen LogP contribution >= 0.6 is 11.3 Å². The molecular formula is C27H32N4O5S. The number of esters is 1. The van der Waals surface area contributed by atoms with Crippen LogP contribution in [0.25, 0.3) is 0 Å². The highest BCUT2D eigenvalue weighted by molar-refractivity contribution is 7.18. The number of anilines is 2. The van der Waals surface area contributed by atoms with Gasteiger partial charge in [-0.25, -0.2) is 4.79 Å². The monoisotopic (exact) mass is 524 g/mol. The Balaban J connectivity index is 1.59. The van der Waals surface area contributed by atoms with Crippen molar-refractivity contribution >= 4 is 33.7 Å². The van der Waals surface area contributed by atoms with Gasteiger partial charge >= 0.3 is 5.97 Å². The number of carbonyl (C=O) groups excluding carboxylic acids is 1. The molecule has 4 rings (SSSR count). The summed E-state index contributed by atoms with van der Waals surface area (Å²) in [4.78, 5) is 28.8. The number of nitro benzene ring substituents is 1. The number of hydrogen-bond acceptors (Lipinski definition) is 9. The Morgan fingerprint density at radius 1 is 1.16 bits per heavy atom. The third-order valence-corrected chi connectivity index (χ3v) is 7.53. The van der Waals surface area contributed by atoms with Crippen LogP contribution in [0.3, 0.4) is 0 Å². The molecule has 0 bridgehead atoms. The number of nitrogens with zero attached hydrogens (tertiary/aromatic N) is 3. The summed E-state index contributed by atoms with van der Waals surface area (Å²) in [5, 5.41) is 15.5. The number of ether oxygens (including phenoxy) is 2. The minimum atomic E-state index is -0.525. The van der Waals surface area contributed by atoms with E-state index in [0.717, 1.165) is 54.2 Å². The lowest BCUT2D eigenvalue weighted by Gasteiger charge is -2.32. The average molecular weight is 525 g/mol. The number of nitro groups is 1. The van der Waals surface area contributed by atoms with Crippen LogP contribution in [0, 0.1) is 17.0 Å². The summed E-state index contributed by atoms with van der Waals surface area (Å²) in [7, 11) is 3.42. The Morgan fingerprint density at radius 2 is 1.89 bits per heavy atom. The van der Waals surface area contributed by atoms with Gasteiger partial charge in [-0.1, -0.05) is 30.3 Å². The van der Waals surface area contributed by atoms with E-state index in [0.29, 0.717) is 27.9 Å². The molecule has 1 aliphatic heterocycles. The van der Waals surface area contributed by atoms with Crippen molar-refractivity contribution in [1.82, 2.24) is 9.80 Å². The molecule has 2 aromatic carbocycles. The molecule has 1 atom stereocenters. The van der Waals surface area contributed by atoms with E-state index in [1.165, 1.54) is 13.2 Å². The van der Waals surface area contributed by atoms with Gasteiger partial charge in [-0.2, -0.15) is 0 Å². The minimum Gasteiger partial charge on any atom is -0.484 e. The van der Waals surface area contributed by atoms with Crippen molar-refractivity contribution in [3.63, 3.8) is 0 Å². The highest BCUT2D eigenvalue weighted by atomic mass is 32.1. The van der Waals surface area contributed by atoms with Crippen LogP contribution in [-0.4, -0.2) is 61.0 Å². The van der Waals surface area contributed by atoms with E-state index in [-0.39, 0.29) is 11.8 Å². The fourth-order valence-corrected chi connectivity index (χ4v) is 5.31. The van der Waals surface area contributed by atoms with Gasteiger partial charge in [0.2, 0.25) is 0 Å². The molecular weight excluding hydrogens is 492 g/mol. The van der Waals surface area contributed by atoms with Crippen LogP contribution in [0.2, 0.25) is 0 Å². The molecule has 0 radical (unpaired) electrons. The number of hydrogen-bond donors (Lipinski definition) is 1. The van der Waals surface area contributed by atoms with Crippen molar-refractivity contribution < 1.29 is 19.2 Å². The molecule has 3 aromatic rings. The van der Waals surface area contributed by atoms with Gasteiger partial charge < -0.3 is 19.7 Å². The number of methoxy groups -OCH3 is 1. The lowest BCUT2D eigenvalue weighted by Crippen LogP contribution is -2.43. The van der Waals surface area contributed by atoms with E-state index in [1.54, 1.807) is 12.1 Å². The van der Waals surface area contributed by atoms with Crippen LogP contribution in [0.15, 0.2) is 48.5 Å². The van der Waals surface area contributed by atoms with Crippen molar-refractivity contribution in [2.24, 2.45) is 0 Å². The van der Waals surface area contributed by atoms with Crippen LogP contribution < -0.4 is 10.1 Å². The third kappa shape index (κ3) is 6.46. The second kappa shape index (κ2) is 11.7. The van der Waals surface area contributed by atoms with Gasteiger partial charge in [0.05, 0.1) is 17.0 Å². The molecule has 0 saturated carbocycles. The maximum atomic E-state index is 12.5. The Hall–Kier alpha value is -3.47. The lowest BCUT2D eigenvalue weighted by molar-refractivity contribution is -0.383. The quantitative estimate of drug-likeness (QED) is 0.226. The molecule has 1 fully saturated rings. The fraction of sp³-hybridized carbons (Fsp3) is 0.370. The summed E-state index contributed by atoms with van der Waals surface area (Å²) in [6.45, 7) is 8.51. The number of nitrogens with one attached hydrogen (secondary N) is 1. The maximum absolute atomic E-state index is 12.5. The molecule has 196 valence electrons. The molecule has 0 unspecified atom stereocenters. The first-order chi connectivity index (χ1) is 17.7. The number of piperazine rings is 1. The van der Waals surface area contributed by atoms with Gasteiger partial charge in [0.15, 0.2) is 4.88 Å². The van der Waals surface area contributed by atoms with E-state index >= 15 is 0 Å². The Morgan fingerprint density at radius 3 is 2.57 bits per heavy atom. The van der Waals surface area contributed by atoms with Gasteiger partial charge in [-0.3, -0.25) is 15.0 Å². The zero-order valence-electron chi connectivity index (χ0n) is 21.5. The first-order valence-corrected chi connectivity index (χ1v) is 13.0. The second-order valence-corrected chi connectivity index (χ2v) is 10.3. The smallest absolute Gasteiger partial charge is 0.351 e. The largest absolute Gasteiger partial charge is 0.484 e. The normalized spacial score (nSPS) is 15.2. The van der Waals surface area contributed by atoms with Gasteiger partial charge in [0, 0.05) is 44.9 Å². The number of thiophene rings is 1. The number of likely N-dealkylation sites (N-methyl/N-ethyl adjacent to an activating group) is 1. The Bertz CT molecular complexity index is 1270. The molecule has 10 heteroatoms. The van der Waals surface area contributed by atoms with E-state index < -0.39 is 10.9 Å². The van der Waals surface area contributed by atoms with E-state index in [2.05, 4.69) is 22.2 Å². The van der Waals surface area contributed by atoms with Crippen LogP contribution in [0.1, 0.15) is 39.4 Å². The number of rotatable bonds is 9. The van der Waals surface area contributed by atoms with Crippen molar-refractivity contribution in [3.8, 4) is 5.75 Å². The first kappa shape index (κ1) is 26.6. The first-order valence-electron chi connectivity index (χ1n) is 12.1. The summed E-state index contributed by atoms with van der Waals surface area (Å²) in [5.41, 5.74) is 3.40. The topological polar surface area (TPSA) is 97.2 Å². The SMILES string of the molecule is COC(=O)c1sc(Nc2cc(CN3CCN(C)CC3)ccc2[N+](=O)[O-])cc1O[C@H](C)c1ccccc1C. The predicted molar refractivity (Wildman–Crippen MR) is 145 cm³/mol. The molecule has 1 aliphatic rings. The zero-order chi connectivity index (χ0) is 26.5. The minimum absolute atomic E-state index is 0.0362. The molecule has 1 N–H and O–H groups in total. The number of aryl methyl sites for hydroxylation is 1. The molecule has 1 aromatic heterocycles. The zero-order valence-corrected chi connectivity index (χ0v) is 22.3. The summed E-state index contributed by atoms with van der Waals surface area (Å²) in [5.74, 6) is -0.158. The lowest BCUT2D eigenvalue weighted by atomic mass is 10.0. The van der Waals surface area contributed by atoms with E-state index in [9.17, 15) is 14.9 Å². The fourth-order valence-electron chi connectivity index (χ4n) is 4.39. The van der Waals surface area contributed by atoms with Crippen molar-refractivity contribution in [1.29, 1.82) is 0 Å². The third-order valence-electron chi connectivity index (χ3n) is 6.52. The van der Waals surface area contributed by atoms with Crippen molar-refractivity contribution in [2.45, 2.75) is 26.5 Å². The molecule has 0 spiro atoms. The molecule has 37 heavy (non-hydrogen) atoms. The van der Waals surface area contributed by atoms with Gasteiger partial charge in [0.25, 0.3) is 5.69 Å². The summed E-state index contributed by atoms with van der Waals surface area (Å²) in [6.07, 6.45) is -0.312. The number of benzene rings is 2. The Labute approximate surface area is 220 Å².